The number of hydrogen-bond acceptors (Lipinski definition) is 3. The summed E-state index contributed by atoms with van der Waals surface area (Å²) in [7, 11) is 0. The van der Waals surface area contributed by atoms with Crippen molar-refractivity contribution >= 4 is 23.4 Å². The van der Waals surface area contributed by atoms with E-state index >= 15 is 0 Å². The summed E-state index contributed by atoms with van der Waals surface area (Å²) in [6.45, 7) is 3.48. The molecule has 0 radical (unpaired) electrons. The van der Waals surface area contributed by atoms with Gasteiger partial charge in [0.2, 0.25) is 5.91 Å². The van der Waals surface area contributed by atoms with E-state index in [0.717, 1.165) is 19.4 Å². The number of carbonyl (C=O) groups is 1. The number of hydrogen-bond donors (Lipinski definition) is 1. The molecule has 1 heterocycles. The van der Waals surface area contributed by atoms with Crippen molar-refractivity contribution in [2.45, 2.75) is 42.9 Å². The highest BCUT2D eigenvalue weighted by Crippen LogP contribution is 2.26. The maximum atomic E-state index is 12.2. The number of benzene rings is 1. The summed E-state index contributed by atoms with van der Waals surface area (Å²) < 4.78 is 24.4. The Labute approximate surface area is 128 Å². The van der Waals surface area contributed by atoms with Crippen molar-refractivity contribution in [2.24, 2.45) is 0 Å². The molecule has 3 nitrogen and oxygen atoms in total. The van der Waals surface area contributed by atoms with E-state index in [-0.39, 0.29) is 5.91 Å². The molecule has 0 bridgehead atoms. The molecule has 0 spiro atoms. The Morgan fingerprint density at radius 1 is 1.38 bits per heavy atom. The molecule has 0 aliphatic carbocycles. The zero-order valence-corrected chi connectivity index (χ0v) is 12.8. The van der Waals surface area contributed by atoms with Crippen LogP contribution in [-0.2, 0) is 4.79 Å². The first-order chi connectivity index (χ1) is 10.0. The van der Waals surface area contributed by atoms with E-state index in [9.17, 15) is 13.6 Å². The Hall–Kier alpha value is -1.14. The first kappa shape index (κ1) is 16.2. The average Bonchev–Trinajstić information content (AvgIpc) is 2.43. The zero-order valence-electron chi connectivity index (χ0n) is 12.0. The molecule has 1 fully saturated rings. The lowest BCUT2D eigenvalue weighted by atomic mass is 10.0. The highest BCUT2D eigenvalue weighted by Gasteiger charge is 2.20. The van der Waals surface area contributed by atoms with Crippen LogP contribution in [-0.4, -0.2) is 35.7 Å². The van der Waals surface area contributed by atoms with E-state index in [0.29, 0.717) is 34.9 Å². The lowest BCUT2D eigenvalue weighted by molar-refractivity contribution is -0.118. The van der Waals surface area contributed by atoms with Gasteiger partial charge in [0, 0.05) is 16.6 Å². The Morgan fingerprint density at radius 2 is 2.10 bits per heavy atom. The van der Waals surface area contributed by atoms with Gasteiger partial charge in [-0.15, -0.1) is 0 Å². The summed E-state index contributed by atoms with van der Waals surface area (Å²) in [5, 5.41) is 2.81. The number of likely N-dealkylation sites (tertiary alicyclic amines) is 1. The topological polar surface area (TPSA) is 32.3 Å². The number of piperidine rings is 1. The third-order valence-corrected chi connectivity index (χ3v) is 4.37. The van der Waals surface area contributed by atoms with Gasteiger partial charge in [-0.05, 0) is 50.6 Å². The van der Waals surface area contributed by atoms with Crippen LogP contribution in [0.15, 0.2) is 29.2 Å². The van der Waals surface area contributed by atoms with Crippen molar-refractivity contribution in [3.63, 3.8) is 0 Å². The van der Waals surface area contributed by atoms with Crippen LogP contribution in [0.5, 0.6) is 0 Å². The number of nitrogens with one attached hydrogen (secondary N) is 1. The minimum atomic E-state index is -2.42. The first-order valence-corrected chi connectivity index (χ1v) is 8.01. The second-order valence-electron chi connectivity index (χ2n) is 5.27. The molecule has 1 aromatic carbocycles. The molecule has 116 valence electrons. The smallest absolute Gasteiger partial charge is 0.288 e. The minimum Gasteiger partial charge on any atom is -0.325 e. The molecule has 0 saturated carbocycles. The van der Waals surface area contributed by atoms with Gasteiger partial charge in [0.25, 0.3) is 5.76 Å². The molecule has 1 amide bonds. The van der Waals surface area contributed by atoms with Crippen molar-refractivity contribution in [3.05, 3.63) is 24.3 Å². The Kier molecular flexibility index (Phi) is 5.99. The predicted molar refractivity (Wildman–Crippen MR) is 81.8 cm³/mol. The molecule has 6 heteroatoms. The number of rotatable bonds is 5. The van der Waals surface area contributed by atoms with Gasteiger partial charge < -0.3 is 5.32 Å². The summed E-state index contributed by atoms with van der Waals surface area (Å²) >= 11 is 0.501. The fraction of sp³-hybridized carbons (Fsp3) is 0.533. The van der Waals surface area contributed by atoms with Crippen molar-refractivity contribution in [1.29, 1.82) is 0 Å². The molecule has 1 N–H and O–H groups in total. The highest BCUT2D eigenvalue weighted by atomic mass is 32.2. The quantitative estimate of drug-likeness (QED) is 0.839. The van der Waals surface area contributed by atoms with Crippen LogP contribution in [0.3, 0.4) is 0 Å². The number of amides is 1. The maximum Gasteiger partial charge on any atom is 0.288 e. The second kappa shape index (κ2) is 7.75. The Morgan fingerprint density at radius 3 is 2.71 bits per heavy atom. The summed E-state index contributed by atoms with van der Waals surface area (Å²) in [6.07, 6.45) is 3.49. The molecule has 1 atom stereocenters. The van der Waals surface area contributed by atoms with Crippen LogP contribution >= 0.6 is 11.8 Å². The summed E-state index contributed by atoms with van der Waals surface area (Å²) in [5.74, 6) is -2.48. The Balaban J connectivity index is 1.84. The van der Waals surface area contributed by atoms with Gasteiger partial charge in [0.05, 0.1) is 6.54 Å². The monoisotopic (exact) mass is 314 g/mol. The van der Waals surface area contributed by atoms with Crippen LogP contribution in [0.2, 0.25) is 0 Å². The van der Waals surface area contributed by atoms with Crippen LogP contribution in [0.25, 0.3) is 0 Å². The molecule has 1 aliphatic heterocycles. The van der Waals surface area contributed by atoms with Gasteiger partial charge in [-0.2, -0.15) is 8.78 Å². The zero-order chi connectivity index (χ0) is 15.2. The van der Waals surface area contributed by atoms with Gasteiger partial charge in [0.15, 0.2) is 0 Å². The van der Waals surface area contributed by atoms with Crippen LogP contribution < -0.4 is 5.32 Å². The SMILES string of the molecule is C[C@H]1CCCCN1CC(=O)Nc1ccc(SC(F)F)cc1. The van der Waals surface area contributed by atoms with Crippen molar-refractivity contribution in [3.8, 4) is 0 Å². The van der Waals surface area contributed by atoms with Gasteiger partial charge in [0.1, 0.15) is 0 Å². The number of nitrogens with zero attached hydrogens (tertiary/aromatic N) is 1. The first-order valence-electron chi connectivity index (χ1n) is 7.13. The van der Waals surface area contributed by atoms with Crippen LogP contribution in [0.4, 0.5) is 14.5 Å². The number of anilines is 1. The fourth-order valence-corrected chi connectivity index (χ4v) is 3.00. The van der Waals surface area contributed by atoms with Gasteiger partial charge >= 0.3 is 0 Å². The van der Waals surface area contributed by atoms with E-state index in [1.807, 2.05) is 0 Å². The highest BCUT2D eigenvalue weighted by molar-refractivity contribution is 7.99. The number of thioether (sulfide) groups is 1. The van der Waals surface area contributed by atoms with Crippen LogP contribution in [0.1, 0.15) is 26.2 Å². The summed E-state index contributed by atoms with van der Waals surface area (Å²) in [5.41, 5.74) is 0.642. The molecule has 0 aromatic heterocycles. The molecule has 21 heavy (non-hydrogen) atoms. The molecular weight excluding hydrogens is 294 g/mol. The van der Waals surface area contributed by atoms with Gasteiger partial charge in [-0.3, -0.25) is 9.69 Å². The molecule has 1 saturated heterocycles. The van der Waals surface area contributed by atoms with Crippen molar-refractivity contribution in [2.75, 3.05) is 18.4 Å². The predicted octanol–water partition coefficient (Wildman–Crippen LogP) is 3.81. The second-order valence-corrected chi connectivity index (χ2v) is 6.33. The summed E-state index contributed by atoms with van der Waals surface area (Å²) in [6, 6.07) is 6.94. The van der Waals surface area contributed by atoms with Crippen LogP contribution in [0, 0.1) is 0 Å². The van der Waals surface area contributed by atoms with E-state index in [1.54, 1.807) is 24.3 Å². The maximum absolute atomic E-state index is 12.2. The lowest BCUT2D eigenvalue weighted by Crippen LogP contribution is -2.42. The fourth-order valence-electron chi connectivity index (χ4n) is 2.50. The summed E-state index contributed by atoms with van der Waals surface area (Å²) in [4.78, 5) is 14.7. The number of halogens is 2. The van der Waals surface area contributed by atoms with E-state index in [4.69, 9.17) is 0 Å². The lowest BCUT2D eigenvalue weighted by Gasteiger charge is -2.32. The van der Waals surface area contributed by atoms with Gasteiger partial charge in [-0.1, -0.05) is 18.2 Å². The average molecular weight is 314 g/mol. The largest absolute Gasteiger partial charge is 0.325 e. The normalized spacial score (nSPS) is 19.7. The molecular formula is C15H20F2N2OS. The number of carbonyl (C=O) groups excluding carboxylic acids is 1. The molecule has 1 aliphatic rings. The number of alkyl halides is 2. The van der Waals surface area contributed by atoms with E-state index in [1.165, 1.54) is 6.42 Å². The van der Waals surface area contributed by atoms with E-state index in [2.05, 4.69) is 17.1 Å². The minimum absolute atomic E-state index is 0.0574. The van der Waals surface area contributed by atoms with Crippen molar-refractivity contribution in [1.82, 2.24) is 4.90 Å². The Bertz CT molecular complexity index is 467. The van der Waals surface area contributed by atoms with E-state index < -0.39 is 5.76 Å². The molecule has 1 aromatic rings. The third-order valence-electron chi connectivity index (χ3n) is 3.65. The standard InChI is InChI=1S/C15H20F2N2OS/c1-11-4-2-3-9-19(11)10-14(20)18-12-5-7-13(8-6-12)21-15(16)17/h5-8,11,15H,2-4,9-10H2,1H3,(H,18,20)/t11-/m0/s1. The van der Waals surface area contributed by atoms with Crippen molar-refractivity contribution < 1.29 is 13.6 Å². The molecule has 2 rings (SSSR count). The third kappa shape index (κ3) is 5.28. The molecule has 0 unspecified atom stereocenters. The van der Waals surface area contributed by atoms with Gasteiger partial charge in [-0.25, -0.2) is 0 Å².